The first-order chi connectivity index (χ1) is 16.4. The summed E-state index contributed by atoms with van der Waals surface area (Å²) in [5.41, 5.74) is 4.53. The standard InChI is InChI=1S/C25H30ClN7O/c1-17-3-4-20-18(13-17)25(15-33(20)23-21-19(26)14-27-22(21)28-16-29-23)5-7-31(8-6-25)24(34)32-11-9-30(2)10-12-32/h3-4,13-14,16H,5-12,15H2,1-2H3,(H,27,28,29). The second-order valence-corrected chi connectivity index (χ2v) is 10.4. The number of nitrogens with one attached hydrogen (secondary N) is 1. The number of amides is 2. The number of hydrogen-bond donors (Lipinski definition) is 1. The van der Waals surface area contributed by atoms with Gasteiger partial charge in [0.05, 0.1) is 10.4 Å². The number of aromatic nitrogens is 3. The predicted octanol–water partition coefficient (Wildman–Crippen LogP) is 3.77. The lowest BCUT2D eigenvalue weighted by atomic mass is 9.74. The molecule has 1 spiro atoms. The van der Waals surface area contributed by atoms with Gasteiger partial charge in [-0.2, -0.15) is 0 Å². The summed E-state index contributed by atoms with van der Waals surface area (Å²) in [6, 6.07) is 6.88. The van der Waals surface area contributed by atoms with Crippen molar-refractivity contribution < 1.29 is 4.79 Å². The van der Waals surface area contributed by atoms with Crippen molar-refractivity contribution in [3.05, 3.63) is 46.9 Å². The molecular weight excluding hydrogens is 450 g/mol. The van der Waals surface area contributed by atoms with Gasteiger partial charge in [-0.3, -0.25) is 0 Å². The van der Waals surface area contributed by atoms with E-state index in [1.165, 1.54) is 16.8 Å². The number of carbonyl (C=O) groups excluding carboxylic acids is 1. The number of nitrogens with zero attached hydrogens (tertiary/aromatic N) is 6. The van der Waals surface area contributed by atoms with Gasteiger partial charge in [-0.15, -0.1) is 0 Å². The average molecular weight is 480 g/mol. The van der Waals surface area contributed by atoms with E-state index in [4.69, 9.17) is 11.6 Å². The highest BCUT2D eigenvalue weighted by molar-refractivity contribution is 6.36. The third-order valence-electron chi connectivity index (χ3n) is 7.90. The van der Waals surface area contributed by atoms with E-state index in [0.717, 1.165) is 75.5 Å². The number of urea groups is 1. The van der Waals surface area contributed by atoms with Crippen LogP contribution < -0.4 is 4.90 Å². The zero-order chi connectivity index (χ0) is 23.4. The molecule has 1 N–H and O–H groups in total. The first-order valence-corrected chi connectivity index (χ1v) is 12.4. The van der Waals surface area contributed by atoms with Gasteiger partial charge in [0, 0.05) is 63.1 Å². The number of halogens is 1. The fraction of sp³-hybridized carbons (Fsp3) is 0.480. The highest BCUT2D eigenvalue weighted by Crippen LogP contribution is 2.51. The second kappa shape index (κ2) is 8.13. The number of likely N-dealkylation sites (N-methyl/N-ethyl adjacent to an activating group) is 1. The van der Waals surface area contributed by atoms with Crippen LogP contribution in [0.15, 0.2) is 30.7 Å². The first-order valence-electron chi connectivity index (χ1n) is 12.0. The Morgan fingerprint density at radius 2 is 1.79 bits per heavy atom. The van der Waals surface area contributed by atoms with E-state index in [-0.39, 0.29) is 11.4 Å². The molecule has 3 aromatic rings. The molecule has 0 unspecified atom stereocenters. The lowest BCUT2D eigenvalue weighted by Crippen LogP contribution is -2.55. The van der Waals surface area contributed by atoms with Crippen molar-refractivity contribution in [1.29, 1.82) is 0 Å². The molecule has 2 amide bonds. The minimum absolute atomic E-state index is 0.0136. The number of carbonyl (C=O) groups is 1. The zero-order valence-electron chi connectivity index (χ0n) is 19.7. The minimum Gasteiger partial charge on any atom is -0.344 e. The van der Waals surface area contributed by atoms with E-state index in [2.05, 4.69) is 61.8 Å². The van der Waals surface area contributed by atoms with Crippen LogP contribution >= 0.6 is 11.6 Å². The quantitative estimate of drug-likeness (QED) is 0.575. The molecule has 5 heterocycles. The maximum absolute atomic E-state index is 13.2. The fourth-order valence-electron chi connectivity index (χ4n) is 5.84. The fourth-order valence-corrected chi connectivity index (χ4v) is 6.07. The van der Waals surface area contributed by atoms with Crippen molar-refractivity contribution in [1.82, 2.24) is 29.7 Å². The molecule has 0 bridgehead atoms. The van der Waals surface area contributed by atoms with Gasteiger partial charge < -0.3 is 24.6 Å². The number of likely N-dealkylation sites (tertiary alicyclic amines) is 1. The molecule has 34 heavy (non-hydrogen) atoms. The Hall–Kier alpha value is -2.84. The summed E-state index contributed by atoms with van der Waals surface area (Å²) in [5.74, 6) is 0.842. The molecule has 3 aliphatic rings. The third-order valence-corrected chi connectivity index (χ3v) is 8.20. The molecule has 1 aromatic carbocycles. The number of hydrogen-bond acceptors (Lipinski definition) is 5. The minimum atomic E-state index is -0.0136. The van der Waals surface area contributed by atoms with Gasteiger partial charge in [-0.05, 0) is 38.4 Å². The predicted molar refractivity (Wildman–Crippen MR) is 134 cm³/mol. The van der Waals surface area contributed by atoms with Crippen molar-refractivity contribution in [2.24, 2.45) is 0 Å². The Morgan fingerprint density at radius 3 is 2.56 bits per heavy atom. The number of piperazine rings is 1. The second-order valence-electron chi connectivity index (χ2n) is 10.0. The van der Waals surface area contributed by atoms with Crippen LogP contribution in [-0.4, -0.2) is 88.5 Å². The Morgan fingerprint density at radius 1 is 1.06 bits per heavy atom. The molecule has 0 radical (unpaired) electrons. The molecule has 0 saturated carbocycles. The smallest absolute Gasteiger partial charge is 0.320 e. The summed E-state index contributed by atoms with van der Waals surface area (Å²) < 4.78 is 0. The molecule has 6 rings (SSSR count). The molecule has 2 saturated heterocycles. The average Bonchev–Trinajstić information content (AvgIpc) is 3.38. The van der Waals surface area contributed by atoms with Crippen LogP contribution in [0.1, 0.15) is 24.0 Å². The Labute approximate surface area is 204 Å². The lowest BCUT2D eigenvalue weighted by molar-refractivity contribution is 0.105. The molecule has 3 aliphatic heterocycles. The Kier molecular flexibility index (Phi) is 5.18. The van der Waals surface area contributed by atoms with Gasteiger partial charge in [-0.25, -0.2) is 14.8 Å². The number of H-pyrrole nitrogens is 1. The number of aryl methyl sites for hydroxylation is 1. The van der Waals surface area contributed by atoms with Crippen LogP contribution in [0.2, 0.25) is 5.02 Å². The molecule has 0 aliphatic carbocycles. The van der Waals surface area contributed by atoms with Crippen LogP contribution in [0.5, 0.6) is 0 Å². The van der Waals surface area contributed by atoms with Gasteiger partial charge in [0.15, 0.2) is 0 Å². The first kappa shape index (κ1) is 21.7. The monoisotopic (exact) mass is 479 g/mol. The van der Waals surface area contributed by atoms with E-state index in [1.54, 1.807) is 12.5 Å². The number of aromatic amines is 1. The van der Waals surface area contributed by atoms with E-state index < -0.39 is 0 Å². The Balaban J connectivity index is 1.29. The van der Waals surface area contributed by atoms with Crippen LogP contribution in [0, 0.1) is 6.92 Å². The van der Waals surface area contributed by atoms with E-state index >= 15 is 0 Å². The number of benzene rings is 1. The summed E-state index contributed by atoms with van der Waals surface area (Å²) in [5, 5.41) is 1.49. The summed E-state index contributed by atoms with van der Waals surface area (Å²) in [6.07, 6.45) is 5.25. The van der Waals surface area contributed by atoms with Crippen molar-refractivity contribution >= 4 is 40.2 Å². The molecule has 178 valence electrons. The SMILES string of the molecule is Cc1ccc2c(c1)C1(CCN(C(=O)N3CCN(C)CC3)CC1)CN2c1ncnc2[nH]cc(Cl)c12. The maximum atomic E-state index is 13.2. The molecule has 0 atom stereocenters. The Bertz CT molecular complexity index is 1240. The normalized spacial score (nSPS) is 20.4. The summed E-state index contributed by atoms with van der Waals surface area (Å²) in [4.78, 5) is 34.0. The van der Waals surface area contributed by atoms with Crippen molar-refractivity contribution in [2.75, 3.05) is 57.8 Å². The van der Waals surface area contributed by atoms with Gasteiger partial charge in [0.1, 0.15) is 17.8 Å². The third kappa shape index (κ3) is 3.43. The molecule has 2 aromatic heterocycles. The van der Waals surface area contributed by atoms with E-state index in [9.17, 15) is 4.79 Å². The topological polar surface area (TPSA) is 71.6 Å². The van der Waals surface area contributed by atoms with Gasteiger partial charge >= 0.3 is 6.03 Å². The van der Waals surface area contributed by atoms with Gasteiger partial charge in [0.25, 0.3) is 0 Å². The summed E-state index contributed by atoms with van der Waals surface area (Å²) in [6.45, 7) is 8.04. The number of rotatable bonds is 1. The number of anilines is 2. The van der Waals surface area contributed by atoms with Crippen molar-refractivity contribution in [3.63, 3.8) is 0 Å². The highest BCUT2D eigenvalue weighted by Gasteiger charge is 2.46. The van der Waals surface area contributed by atoms with Crippen molar-refractivity contribution in [2.45, 2.75) is 25.2 Å². The van der Waals surface area contributed by atoms with Crippen LogP contribution in [-0.2, 0) is 5.41 Å². The molecular formula is C25H30ClN7O. The summed E-state index contributed by atoms with van der Waals surface area (Å²) >= 11 is 6.53. The lowest BCUT2D eigenvalue weighted by Gasteiger charge is -2.42. The zero-order valence-corrected chi connectivity index (χ0v) is 20.5. The maximum Gasteiger partial charge on any atom is 0.320 e. The van der Waals surface area contributed by atoms with E-state index in [0.29, 0.717) is 5.02 Å². The van der Waals surface area contributed by atoms with Gasteiger partial charge in [0.2, 0.25) is 0 Å². The molecule has 9 heteroatoms. The van der Waals surface area contributed by atoms with Crippen LogP contribution in [0.25, 0.3) is 11.0 Å². The van der Waals surface area contributed by atoms with Crippen LogP contribution in [0.3, 0.4) is 0 Å². The number of piperidine rings is 1. The largest absolute Gasteiger partial charge is 0.344 e. The van der Waals surface area contributed by atoms with Crippen LogP contribution in [0.4, 0.5) is 16.3 Å². The highest BCUT2D eigenvalue weighted by atomic mass is 35.5. The summed E-state index contributed by atoms with van der Waals surface area (Å²) in [7, 11) is 2.11. The van der Waals surface area contributed by atoms with Crippen molar-refractivity contribution in [3.8, 4) is 0 Å². The molecule has 2 fully saturated rings. The molecule has 8 nitrogen and oxygen atoms in total. The van der Waals surface area contributed by atoms with E-state index in [1.807, 2.05) is 4.90 Å². The number of fused-ring (bicyclic) bond motifs is 3. The van der Waals surface area contributed by atoms with Gasteiger partial charge in [-0.1, -0.05) is 29.3 Å².